The largest absolute Gasteiger partial charge is 0.488 e. The highest BCUT2D eigenvalue weighted by atomic mass is 35.5. The summed E-state index contributed by atoms with van der Waals surface area (Å²) in [5, 5.41) is 19.9. The normalized spacial score (nSPS) is 15.2. The summed E-state index contributed by atoms with van der Waals surface area (Å²) in [7, 11) is 0. The standard InChI is InChI=1S/C38H33ClN4O6/c1-23-27(6-3-7-29(23)26-8-9-32-35(16-26)47-13-12-46-32)21-49-34-17-33(48-20-25-5-2-4-24(14-25)18-40)28(15-30(34)39)19-43-11-10-31-36(42-22-41-31)37(43)38(44)45/h2-9,14-17,22,37H,10-13,19-21H2,1H3,(H,41,42)(H,44,45). The second-order valence-electron chi connectivity index (χ2n) is 12.0. The monoisotopic (exact) mass is 676 g/mol. The Bertz CT molecular complexity index is 2070. The molecule has 0 bridgehead atoms. The first kappa shape index (κ1) is 32.1. The van der Waals surface area contributed by atoms with Gasteiger partial charge in [-0.15, -0.1) is 0 Å². The van der Waals surface area contributed by atoms with Gasteiger partial charge in [0.1, 0.15) is 37.9 Å². The molecule has 7 rings (SSSR count). The topological polar surface area (TPSA) is 130 Å². The molecule has 1 atom stereocenters. The molecule has 3 heterocycles. The average molecular weight is 677 g/mol. The number of imidazole rings is 1. The van der Waals surface area contributed by atoms with E-state index in [4.69, 9.17) is 30.5 Å². The number of nitrogens with zero attached hydrogens (tertiary/aromatic N) is 3. The summed E-state index contributed by atoms with van der Waals surface area (Å²) in [5.41, 5.74) is 7.50. The number of carboxylic acid groups (broad SMARTS) is 1. The van der Waals surface area contributed by atoms with Crippen molar-refractivity contribution in [3.63, 3.8) is 0 Å². The van der Waals surface area contributed by atoms with Crippen molar-refractivity contribution in [3.05, 3.63) is 123 Å². The van der Waals surface area contributed by atoms with Crippen molar-refractivity contribution in [1.29, 1.82) is 5.26 Å². The first-order valence-electron chi connectivity index (χ1n) is 15.9. The molecule has 248 valence electrons. The number of benzene rings is 4. The van der Waals surface area contributed by atoms with Gasteiger partial charge in [-0.05, 0) is 65.1 Å². The molecule has 2 N–H and O–H groups in total. The van der Waals surface area contributed by atoms with Crippen LogP contribution in [0.4, 0.5) is 0 Å². The van der Waals surface area contributed by atoms with Gasteiger partial charge in [-0.3, -0.25) is 9.69 Å². The van der Waals surface area contributed by atoms with E-state index in [-0.39, 0.29) is 19.8 Å². The van der Waals surface area contributed by atoms with Gasteiger partial charge < -0.3 is 29.0 Å². The highest BCUT2D eigenvalue weighted by Gasteiger charge is 2.35. The number of rotatable bonds is 10. The van der Waals surface area contributed by atoms with E-state index < -0.39 is 12.0 Å². The van der Waals surface area contributed by atoms with Crippen LogP contribution in [0.2, 0.25) is 5.02 Å². The van der Waals surface area contributed by atoms with Crippen LogP contribution in [0.1, 0.15) is 45.2 Å². The summed E-state index contributed by atoms with van der Waals surface area (Å²) in [6.45, 7) is 4.31. The predicted molar refractivity (Wildman–Crippen MR) is 182 cm³/mol. The average Bonchev–Trinajstić information content (AvgIpc) is 3.60. The smallest absolute Gasteiger partial charge is 0.327 e. The Morgan fingerprint density at radius 1 is 1.02 bits per heavy atom. The van der Waals surface area contributed by atoms with Crippen molar-refractivity contribution in [2.75, 3.05) is 19.8 Å². The zero-order valence-corrected chi connectivity index (χ0v) is 27.5. The molecule has 0 fully saturated rings. The van der Waals surface area contributed by atoms with Crippen LogP contribution in [0.15, 0.2) is 79.1 Å². The molecule has 1 aromatic heterocycles. The minimum absolute atomic E-state index is 0.187. The molecule has 4 aromatic carbocycles. The van der Waals surface area contributed by atoms with Gasteiger partial charge >= 0.3 is 5.97 Å². The Morgan fingerprint density at radius 3 is 2.67 bits per heavy atom. The van der Waals surface area contributed by atoms with E-state index in [1.165, 1.54) is 6.33 Å². The van der Waals surface area contributed by atoms with E-state index in [1.54, 1.807) is 24.3 Å². The molecule has 0 saturated carbocycles. The third-order valence-electron chi connectivity index (χ3n) is 8.88. The second kappa shape index (κ2) is 13.9. The van der Waals surface area contributed by atoms with Crippen LogP contribution in [0, 0.1) is 18.3 Å². The zero-order valence-electron chi connectivity index (χ0n) is 26.7. The van der Waals surface area contributed by atoms with E-state index in [0.29, 0.717) is 59.5 Å². The molecule has 0 amide bonds. The van der Waals surface area contributed by atoms with Crippen molar-refractivity contribution in [2.45, 2.75) is 39.1 Å². The molecule has 0 aliphatic carbocycles. The fourth-order valence-electron chi connectivity index (χ4n) is 6.34. The Kier molecular flexibility index (Phi) is 9.11. The van der Waals surface area contributed by atoms with Crippen LogP contribution in [0.5, 0.6) is 23.0 Å². The number of nitriles is 1. The molecular weight excluding hydrogens is 644 g/mol. The van der Waals surface area contributed by atoms with Gasteiger partial charge in [-0.1, -0.05) is 48.0 Å². The lowest BCUT2D eigenvalue weighted by Crippen LogP contribution is -2.39. The molecule has 49 heavy (non-hydrogen) atoms. The summed E-state index contributed by atoms with van der Waals surface area (Å²) in [5.74, 6) is 1.42. The molecule has 11 heteroatoms. The van der Waals surface area contributed by atoms with Crippen molar-refractivity contribution in [3.8, 4) is 40.2 Å². The Balaban J connectivity index is 1.16. The minimum Gasteiger partial charge on any atom is -0.488 e. The number of H-pyrrole nitrogens is 1. The van der Waals surface area contributed by atoms with E-state index in [0.717, 1.165) is 45.0 Å². The lowest BCUT2D eigenvalue weighted by Gasteiger charge is -2.32. The lowest BCUT2D eigenvalue weighted by molar-refractivity contribution is -0.144. The number of ether oxygens (including phenoxy) is 4. The van der Waals surface area contributed by atoms with Crippen LogP contribution < -0.4 is 18.9 Å². The van der Waals surface area contributed by atoms with Crippen LogP contribution in [-0.2, 0) is 31.0 Å². The number of carbonyl (C=O) groups is 1. The predicted octanol–water partition coefficient (Wildman–Crippen LogP) is 7.02. The number of aromatic amines is 1. The number of carboxylic acids is 1. The second-order valence-corrected chi connectivity index (χ2v) is 12.4. The number of aliphatic carboxylic acids is 1. The van der Waals surface area contributed by atoms with Crippen molar-refractivity contribution in [1.82, 2.24) is 14.9 Å². The molecule has 2 aliphatic heterocycles. The van der Waals surface area contributed by atoms with E-state index in [9.17, 15) is 15.2 Å². The third-order valence-corrected chi connectivity index (χ3v) is 9.18. The highest BCUT2D eigenvalue weighted by Crippen LogP contribution is 2.39. The Morgan fingerprint density at radius 2 is 1.84 bits per heavy atom. The number of hydrogen-bond donors (Lipinski definition) is 2. The molecule has 0 spiro atoms. The van der Waals surface area contributed by atoms with Gasteiger partial charge in [0.2, 0.25) is 0 Å². The van der Waals surface area contributed by atoms with Crippen LogP contribution >= 0.6 is 11.6 Å². The maximum Gasteiger partial charge on any atom is 0.327 e. The Hall–Kier alpha value is -5.50. The van der Waals surface area contributed by atoms with E-state index >= 15 is 0 Å². The summed E-state index contributed by atoms with van der Waals surface area (Å²) >= 11 is 6.84. The number of aromatic nitrogens is 2. The quantitative estimate of drug-likeness (QED) is 0.160. The van der Waals surface area contributed by atoms with E-state index in [1.807, 2.05) is 47.4 Å². The number of hydrogen-bond acceptors (Lipinski definition) is 8. The SMILES string of the molecule is Cc1c(COc2cc(OCc3cccc(C#N)c3)c(CN3CCc4[nH]cnc4C3C(=O)O)cc2Cl)cccc1-c1ccc2c(c1)OCCO2. The number of fused-ring (bicyclic) bond motifs is 2. The fourth-order valence-corrected chi connectivity index (χ4v) is 6.58. The van der Waals surface area contributed by atoms with Gasteiger partial charge in [0, 0.05) is 36.8 Å². The maximum atomic E-state index is 12.4. The molecule has 0 saturated heterocycles. The van der Waals surface area contributed by atoms with Gasteiger partial charge in [0.15, 0.2) is 17.5 Å². The molecule has 10 nitrogen and oxygen atoms in total. The lowest BCUT2D eigenvalue weighted by atomic mass is 9.96. The maximum absolute atomic E-state index is 12.4. The summed E-state index contributed by atoms with van der Waals surface area (Å²) < 4.78 is 24.2. The Labute approximate surface area is 288 Å². The third kappa shape index (κ3) is 6.77. The zero-order chi connectivity index (χ0) is 33.9. The number of nitrogens with one attached hydrogen (secondary N) is 1. The highest BCUT2D eigenvalue weighted by molar-refractivity contribution is 6.32. The first-order valence-corrected chi connectivity index (χ1v) is 16.3. The van der Waals surface area contributed by atoms with Crippen LogP contribution in [0.25, 0.3) is 11.1 Å². The van der Waals surface area contributed by atoms with Gasteiger partial charge in [0.05, 0.1) is 28.7 Å². The van der Waals surface area contributed by atoms with Crippen LogP contribution in [-0.4, -0.2) is 45.7 Å². The fraction of sp³-hybridized carbons (Fsp3) is 0.237. The van der Waals surface area contributed by atoms with Crippen LogP contribution in [0.3, 0.4) is 0 Å². The summed E-state index contributed by atoms with van der Waals surface area (Å²) in [4.78, 5) is 21.6. The molecule has 2 aliphatic rings. The minimum atomic E-state index is -0.983. The van der Waals surface area contributed by atoms with Crippen molar-refractivity contribution in [2.24, 2.45) is 0 Å². The first-order chi connectivity index (χ1) is 23.9. The van der Waals surface area contributed by atoms with Gasteiger partial charge in [-0.2, -0.15) is 5.26 Å². The van der Waals surface area contributed by atoms with Crippen molar-refractivity contribution < 1.29 is 28.8 Å². The molecule has 5 aromatic rings. The van der Waals surface area contributed by atoms with E-state index in [2.05, 4.69) is 29.0 Å². The van der Waals surface area contributed by atoms with Crippen molar-refractivity contribution >= 4 is 17.6 Å². The molecule has 1 unspecified atom stereocenters. The molecule has 0 radical (unpaired) electrons. The summed E-state index contributed by atoms with van der Waals surface area (Å²) in [6.07, 6.45) is 2.17. The molecular formula is C38H33ClN4O6. The van der Waals surface area contributed by atoms with Gasteiger partial charge in [-0.25, -0.2) is 4.98 Å². The summed E-state index contributed by atoms with van der Waals surface area (Å²) in [6, 6.07) is 24.0. The van der Waals surface area contributed by atoms with Gasteiger partial charge in [0.25, 0.3) is 0 Å². The number of halogens is 1.